The predicted molar refractivity (Wildman–Crippen MR) is 241 cm³/mol. The van der Waals surface area contributed by atoms with E-state index in [4.69, 9.17) is 8.53 Å². The van der Waals surface area contributed by atoms with Gasteiger partial charge < -0.3 is 4.42 Å². The van der Waals surface area contributed by atoms with Crippen molar-refractivity contribution in [3.8, 4) is 67.0 Å². The molecule has 11 rings (SSSR count). The molecule has 0 saturated carbocycles. The molecule has 10 aromatic carbocycles. The van der Waals surface area contributed by atoms with E-state index < -0.39 is 18.1 Å². The molecule has 1 heterocycles. The monoisotopic (exact) mass is 729 g/mol. The van der Waals surface area contributed by atoms with Crippen LogP contribution < -0.4 is 0 Å². The molecule has 1 heteroatoms. The summed E-state index contributed by atoms with van der Waals surface area (Å²) in [6.45, 7) is 0. The lowest BCUT2D eigenvalue weighted by Gasteiger charge is -2.20. The fourth-order valence-corrected chi connectivity index (χ4v) is 8.78. The summed E-state index contributed by atoms with van der Waals surface area (Å²) < 4.78 is 51.6. The van der Waals surface area contributed by atoms with E-state index in [0.717, 1.165) is 71.4 Å². The number of furan rings is 1. The van der Waals surface area contributed by atoms with Gasteiger partial charge in [-0.2, -0.15) is 0 Å². The van der Waals surface area contributed by atoms with Crippen LogP contribution in [0.5, 0.6) is 0 Å². The molecule has 11 aromatic rings. The van der Waals surface area contributed by atoms with Crippen LogP contribution in [0.15, 0.2) is 223 Å². The van der Waals surface area contributed by atoms with E-state index in [-0.39, 0.29) is 17.6 Å². The molecule has 266 valence electrons. The van der Waals surface area contributed by atoms with Crippen LogP contribution in [0.2, 0.25) is 0 Å². The average molecular weight is 730 g/mol. The van der Waals surface area contributed by atoms with E-state index in [1.54, 1.807) is 0 Å². The van der Waals surface area contributed by atoms with Gasteiger partial charge in [-0.3, -0.25) is 0 Å². The molecule has 0 saturated heterocycles. The van der Waals surface area contributed by atoms with Gasteiger partial charge in [0.15, 0.2) is 0 Å². The first-order valence-electron chi connectivity index (χ1n) is 21.7. The van der Waals surface area contributed by atoms with Crippen LogP contribution >= 0.6 is 0 Å². The van der Waals surface area contributed by atoms with Gasteiger partial charge in [0.2, 0.25) is 0 Å². The standard InChI is InChI=1S/C56H36O/c1-6-20-37(21-7-1)49-43-30-16-17-31-44(43)50(38-22-8-2-9-23-38)48-36-42(34-35-47(48)49)51-45-32-18-19-33-46(45)54-53(40-26-12-4-13-27-40)55(41-28-14-5-15-29-41)57-56(54)52(51)39-24-10-3-11-25-39/h1-36H/i4D,12D,13D,26D,27D. The summed E-state index contributed by atoms with van der Waals surface area (Å²) in [5, 5.41) is 7.06. The Morgan fingerprint density at radius 2 is 0.737 bits per heavy atom. The largest absolute Gasteiger partial charge is 0.455 e. The number of benzene rings is 10. The highest BCUT2D eigenvalue weighted by Gasteiger charge is 2.27. The van der Waals surface area contributed by atoms with Gasteiger partial charge in [-0.05, 0) is 77.3 Å². The third kappa shape index (κ3) is 5.39. The van der Waals surface area contributed by atoms with Crippen molar-refractivity contribution in [1.29, 1.82) is 0 Å². The van der Waals surface area contributed by atoms with Crippen molar-refractivity contribution < 1.29 is 11.3 Å². The molecule has 0 N–H and O–H groups in total. The topological polar surface area (TPSA) is 13.1 Å². The van der Waals surface area contributed by atoms with E-state index >= 15 is 0 Å². The van der Waals surface area contributed by atoms with Gasteiger partial charge in [0, 0.05) is 27.6 Å². The molecule has 0 aliphatic carbocycles. The molecular formula is C56H36O. The molecule has 0 spiro atoms. The number of fused-ring (bicyclic) bond motifs is 5. The summed E-state index contributed by atoms with van der Waals surface area (Å²) in [6, 6.07) is 62.9. The lowest BCUT2D eigenvalue weighted by Crippen LogP contribution is -1.94. The average Bonchev–Trinajstić information content (AvgIpc) is 3.72. The first-order valence-corrected chi connectivity index (χ1v) is 19.2. The zero-order valence-electron chi connectivity index (χ0n) is 35.8. The molecule has 0 atom stereocenters. The van der Waals surface area contributed by atoms with E-state index in [1.165, 1.54) is 10.9 Å². The fraction of sp³-hybridized carbons (Fsp3) is 0. The smallest absolute Gasteiger partial charge is 0.144 e. The lowest BCUT2D eigenvalue weighted by atomic mass is 9.82. The Balaban J connectivity index is 1.34. The zero-order chi connectivity index (χ0) is 42.1. The predicted octanol–water partition coefficient (Wildman–Crippen LogP) is 15.9. The van der Waals surface area contributed by atoms with Gasteiger partial charge in [-0.25, -0.2) is 0 Å². The van der Waals surface area contributed by atoms with Crippen LogP contribution in [0.25, 0.3) is 110 Å². The first-order chi connectivity index (χ1) is 30.4. The van der Waals surface area contributed by atoms with Gasteiger partial charge in [-0.1, -0.05) is 212 Å². The van der Waals surface area contributed by atoms with E-state index in [9.17, 15) is 2.74 Å². The minimum atomic E-state index is -0.440. The van der Waals surface area contributed by atoms with E-state index in [2.05, 4.69) is 127 Å². The molecular weight excluding hydrogens is 689 g/mol. The maximum Gasteiger partial charge on any atom is 0.144 e. The highest BCUT2D eigenvalue weighted by Crippen LogP contribution is 2.53. The molecule has 1 nitrogen and oxygen atoms in total. The Bertz CT molecular complexity index is 3520. The minimum Gasteiger partial charge on any atom is -0.455 e. The molecule has 57 heavy (non-hydrogen) atoms. The second-order valence-corrected chi connectivity index (χ2v) is 14.3. The summed E-state index contributed by atoms with van der Waals surface area (Å²) in [7, 11) is 0. The Labute approximate surface area is 338 Å². The number of hydrogen-bond acceptors (Lipinski definition) is 1. The van der Waals surface area contributed by atoms with Gasteiger partial charge in [-0.15, -0.1) is 0 Å². The van der Waals surface area contributed by atoms with Gasteiger partial charge in [0.05, 0.1) is 6.85 Å². The Morgan fingerprint density at radius 1 is 0.298 bits per heavy atom. The summed E-state index contributed by atoms with van der Waals surface area (Å²) >= 11 is 0. The highest BCUT2D eigenvalue weighted by molar-refractivity contribution is 6.27. The van der Waals surface area contributed by atoms with Crippen LogP contribution in [-0.4, -0.2) is 0 Å². The van der Waals surface area contributed by atoms with Crippen LogP contribution in [-0.2, 0) is 0 Å². The Hall–Kier alpha value is -7.48. The third-order valence-electron chi connectivity index (χ3n) is 11.1. The van der Waals surface area contributed by atoms with Crippen molar-refractivity contribution in [1.82, 2.24) is 0 Å². The highest BCUT2D eigenvalue weighted by atomic mass is 16.3. The van der Waals surface area contributed by atoms with Gasteiger partial charge in [0.25, 0.3) is 0 Å². The zero-order valence-corrected chi connectivity index (χ0v) is 30.8. The second-order valence-electron chi connectivity index (χ2n) is 14.3. The Morgan fingerprint density at radius 3 is 1.30 bits per heavy atom. The quantitative estimate of drug-likeness (QED) is 0.155. The van der Waals surface area contributed by atoms with Crippen LogP contribution in [0.1, 0.15) is 6.85 Å². The molecule has 0 aliphatic rings. The van der Waals surface area contributed by atoms with Crippen molar-refractivity contribution in [2.45, 2.75) is 0 Å². The summed E-state index contributed by atoms with van der Waals surface area (Å²) in [6.07, 6.45) is 0. The van der Waals surface area contributed by atoms with Crippen molar-refractivity contribution in [3.05, 3.63) is 218 Å². The normalized spacial score (nSPS) is 12.7. The molecule has 0 radical (unpaired) electrons. The summed E-state index contributed by atoms with van der Waals surface area (Å²) in [5.74, 6) is 0.433. The molecule has 1 aromatic heterocycles. The van der Waals surface area contributed by atoms with E-state index in [1.807, 2.05) is 60.7 Å². The van der Waals surface area contributed by atoms with Crippen molar-refractivity contribution in [2.75, 3.05) is 0 Å². The Kier molecular flexibility index (Phi) is 6.72. The SMILES string of the molecule is [2H]c1c([2H])c([2H])c(-c2c(-c3ccccc3)oc3c(-c4ccccc4)c(-c4ccc5c(-c6ccccc6)c6ccccc6c(-c6ccccc6)c5c4)c4ccccc4c23)c([2H])c1[2H]. The van der Waals surface area contributed by atoms with Gasteiger partial charge >= 0.3 is 0 Å². The number of rotatable bonds is 6. The third-order valence-corrected chi connectivity index (χ3v) is 11.1. The molecule has 0 bridgehead atoms. The number of hydrogen-bond donors (Lipinski definition) is 0. The molecule has 0 amide bonds. The van der Waals surface area contributed by atoms with Crippen LogP contribution in [0.4, 0.5) is 0 Å². The molecule has 0 fully saturated rings. The summed E-state index contributed by atoms with van der Waals surface area (Å²) in [4.78, 5) is 0. The molecule has 0 unspecified atom stereocenters. The van der Waals surface area contributed by atoms with E-state index in [0.29, 0.717) is 22.3 Å². The van der Waals surface area contributed by atoms with Crippen LogP contribution in [0.3, 0.4) is 0 Å². The van der Waals surface area contributed by atoms with Crippen LogP contribution in [0, 0.1) is 0 Å². The molecule has 0 aliphatic heterocycles. The lowest BCUT2D eigenvalue weighted by molar-refractivity contribution is 0.634. The van der Waals surface area contributed by atoms with Crippen molar-refractivity contribution in [3.63, 3.8) is 0 Å². The summed E-state index contributed by atoms with van der Waals surface area (Å²) in [5.41, 5.74) is 10.2. The maximum atomic E-state index is 9.24. The maximum absolute atomic E-state index is 9.24. The van der Waals surface area contributed by atoms with Crippen molar-refractivity contribution in [2.24, 2.45) is 0 Å². The fourth-order valence-electron chi connectivity index (χ4n) is 8.78. The first kappa shape index (κ1) is 28.0. The minimum absolute atomic E-state index is 0.101. The second kappa shape index (κ2) is 13.7. The van der Waals surface area contributed by atoms with Crippen molar-refractivity contribution >= 4 is 43.3 Å². The van der Waals surface area contributed by atoms with Gasteiger partial charge in [0.1, 0.15) is 11.3 Å².